The van der Waals surface area contributed by atoms with E-state index >= 15 is 0 Å². The fourth-order valence-electron chi connectivity index (χ4n) is 3.91. The molecule has 0 fully saturated rings. The van der Waals surface area contributed by atoms with E-state index in [9.17, 15) is 18.0 Å². The van der Waals surface area contributed by atoms with Crippen LogP contribution in [0.25, 0.3) is 0 Å². The summed E-state index contributed by atoms with van der Waals surface area (Å²) in [5.41, 5.74) is 1.29. The van der Waals surface area contributed by atoms with E-state index in [0.29, 0.717) is 18.7 Å². The van der Waals surface area contributed by atoms with Gasteiger partial charge in [0.05, 0.1) is 17.7 Å². The van der Waals surface area contributed by atoms with Crippen molar-refractivity contribution in [2.75, 3.05) is 31.0 Å². The summed E-state index contributed by atoms with van der Waals surface area (Å²) in [7, 11) is -2.62. The Bertz CT molecular complexity index is 1280. The van der Waals surface area contributed by atoms with Gasteiger partial charge in [-0.15, -0.1) is 0 Å². The monoisotopic (exact) mass is 523 g/mol. The average Bonchev–Trinajstić information content (AvgIpc) is 2.92. The summed E-state index contributed by atoms with van der Waals surface area (Å²) in [6.07, 6.45) is 0.515. The fourth-order valence-corrected chi connectivity index (χ4v) is 5.33. The number of carbonyl (C=O) groups excluding carboxylic acids is 2. The van der Waals surface area contributed by atoms with E-state index in [2.05, 4.69) is 5.32 Å². The van der Waals surface area contributed by atoms with Crippen LogP contribution in [-0.4, -0.2) is 57.9 Å². The zero-order valence-corrected chi connectivity index (χ0v) is 22.1. The number of methoxy groups -OCH3 is 1. The maximum Gasteiger partial charge on any atom is 0.264 e. The van der Waals surface area contributed by atoms with Gasteiger partial charge in [-0.05, 0) is 50.1 Å². The van der Waals surface area contributed by atoms with Crippen LogP contribution in [0, 0.1) is 0 Å². The van der Waals surface area contributed by atoms with Crippen LogP contribution in [-0.2, 0) is 26.0 Å². The molecule has 3 aromatic rings. The lowest BCUT2D eigenvalue weighted by Crippen LogP contribution is -2.52. The highest BCUT2D eigenvalue weighted by atomic mass is 32.2. The van der Waals surface area contributed by atoms with Gasteiger partial charge < -0.3 is 15.0 Å². The number of rotatable bonds is 12. The lowest BCUT2D eigenvalue weighted by molar-refractivity contribution is -0.138. The molecule has 3 aromatic carbocycles. The van der Waals surface area contributed by atoms with E-state index in [1.807, 2.05) is 30.3 Å². The van der Waals surface area contributed by atoms with E-state index in [1.54, 1.807) is 56.3 Å². The molecule has 1 N–H and O–H groups in total. The SMILES string of the molecule is CCNC(=O)[C@H](C)N(CCc1ccccc1)C(=O)CN(c1cccc(OC)c1)S(=O)(=O)c1ccccc1. The van der Waals surface area contributed by atoms with Gasteiger partial charge in [-0.1, -0.05) is 54.6 Å². The quantitative estimate of drug-likeness (QED) is 0.392. The van der Waals surface area contributed by atoms with Crippen molar-refractivity contribution in [3.05, 3.63) is 90.5 Å². The van der Waals surface area contributed by atoms with Crippen molar-refractivity contribution in [3.8, 4) is 5.75 Å². The van der Waals surface area contributed by atoms with Crippen LogP contribution in [0.15, 0.2) is 89.8 Å². The zero-order valence-electron chi connectivity index (χ0n) is 21.3. The van der Waals surface area contributed by atoms with E-state index in [1.165, 1.54) is 24.1 Å². The van der Waals surface area contributed by atoms with E-state index in [-0.39, 0.29) is 23.0 Å². The number of ether oxygens (including phenoxy) is 1. The third-order valence-corrected chi connectivity index (χ3v) is 7.74. The van der Waals surface area contributed by atoms with Crippen LogP contribution in [0.4, 0.5) is 5.69 Å². The highest BCUT2D eigenvalue weighted by molar-refractivity contribution is 7.92. The smallest absolute Gasteiger partial charge is 0.264 e. The summed E-state index contributed by atoms with van der Waals surface area (Å²) in [5.74, 6) is -0.338. The molecular weight excluding hydrogens is 490 g/mol. The van der Waals surface area contributed by atoms with Crippen molar-refractivity contribution < 1.29 is 22.7 Å². The van der Waals surface area contributed by atoms with Gasteiger partial charge >= 0.3 is 0 Å². The van der Waals surface area contributed by atoms with Gasteiger partial charge in [-0.3, -0.25) is 13.9 Å². The Morgan fingerprint density at radius 2 is 1.59 bits per heavy atom. The molecule has 0 heterocycles. The summed E-state index contributed by atoms with van der Waals surface area (Å²) >= 11 is 0. The number of amides is 2. The minimum Gasteiger partial charge on any atom is -0.497 e. The number of nitrogens with zero attached hydrogens (tertiary/aromatic N) is 2. The minimum absolute atomic E-state index is 0.0539. The highest BCUT2D eigenvalue weighted by Crippen LogP contribution is 2.27. The zero-order chi connectivity index (χ0) is 26.8. The molecule has 0 aliphatic rings. The van der Waals surface area contributed by atoms with Crippen LogP contribution in [0.2, 0.25) is 0 Å². The van der Waals surface area contributed by atoms with Crippen LogP contribution in [0.3, 0.4) is 0 Å². The molecule has 3 rings (SSSR count). The normalized spacial score (nSPS) is 11.9. The number of likely N-dealkylation sites (N-methyl/N-ethyl adjacent to an activating group) is 1. The molecule has 196 valence electrons. The summed E-state index contributed by atoms with van der Waals surface area (Å²) in [6, 6.07) is 23.3. The maximum atomic E-state index is 13.7. The predicted molar refractivity (Wildman–Crippen MR) is 144 cm³/mol. The number of benzene rings is 3. The summed E-state index contributed by atoms with van der Waals surface area (Å²) < 4.78 is 33.8. The Kier molecular flexibility index (Phi) is 9.68. The van der Waals surface area contributed by atoms with Crippen molar-refractivity contribution in [2.24, 2.45) is 0 Å². The summed E-state index contributed by atoms with van der Waals surface area (Å²) in [5, 5.41) is 2.75. The first kappa shape index (κ1) is 27.7. The average molecular weight is 524 g/mol. The lowest BCUT2D eigenvalue weighted by Gasteiger charge is -2.32. The van der Waals surface area contributed by atoms with Crippen LogP contribution < -0.4 is 14.4 Å². The van der Waals surface area contributed by atoms with Gasteiger partial charge in [0.1, 0.15) is 18.3 Å². The van der Waals surface area contributed by atoms with Gasteiger partial charge in [-0.2, -0.15) is 0 Å². The first-order valence-electron chi connectivity index (χ1n) is 12.1. The van der Waals surface area contributed by atoms with Crippen molar-refractivity contribution in [1.29, 1.82) is 0 Å². The Hall–Kier alpha value is -3.85. The molecule has 0 radical (unpaired) electrons. The second-order valence-electron chi connectivity index (χ2n) is 8.42. The summed E-state index contributed by atoms with van der Waals surface area (Å²) in [6.45, 7) is 3.64. The molecule has 0 spiro atoms. The molecule has 0 aliphatic heterocycles. The van der Waals surface area contributed by atoms with Gasteiger partial charge in [0.2, 0.25) is 11.8 Å². The first-order valence-corrected chi connectivity index (χ1v) is 13.5. The second-order valence-corrected chi connectivity index (χ2v) is 10.3. The van der Waals surface area contributed by atoms with Crippen molar-refractivity contribution in [2.45, 2.75) is 31.2 Å². The topological polar surface area (TPSA) is 96.0 Å². The molecule has 0 saturated heterocycles. The molecule has 0 aliphatic carbocycles. The van der Waals surface area contributed by atoms with Gasteiger partial charge in [0.25, 0.3) is 10.0 Å². The van der Waals surface area contributed by atoms with E-state index in [0.717, 1.165) is 9.87 Å². The molecule has 0 unspecified atom stereocenters. The number of hydrogen-bond donors (Lipinski definition) is 1. The molecule has 2 amide bonds. The Labute approximate surface area is 218 Å². The van der Waals surface area contributed by atoms with Crippen molar-refractivity contribution in [1.82, 2.24) is 10.2 Å². The number of hydrogen-bond acceptors (Lipinski definition) is 5. The Morgan fingerprint density at radius 1 is 0.946 bits per heavy atom. The number of carbonyl (C=O) groups is 2. The fraction of sp³-hybridized carbons (Fsp3) is 0.286. The third kappa shape index (κ3) is 7.10. The highest BCUT2D eigenvalue weighted by Gasteiger charge is 2.32. The Morgan fingerprint density at radius 3 is 2.22 bits per heavy atom. The van der Waals surface area contributed by atoms with Crippen molar-refractivity contribution >= 4 is 27.5 Å². The van der Waals surface area contributed by atoms with Crippen LogP contribution in [0.5, 0.6) is 5.75 Å². The van der Waals surface area contributed by atoms with Crippen LogP contribution in [0.1, 0.15) is 19.4 Å². The molecule has 37 heavy (non-hydrogen) atoms. The summed E-state index contributed by atoms with van der Waals surface area (Å²) in [4.78, 5) is 27.9. The van der Waals surface area contributed by atoms with E-state index in [4.69, 9.17) is 4.74 Å². The maximum absolute atomic E-state index is 13.7. The third-order valence-electron chi connectivity index (χ3n) is 5.95. The predicted octanol–water partition coefficient (Wildman–Crippen LogP) is 3.49. The molecule has 0 bridgehead atoms. The van der Waals surface area contributed by atoms with Gasteiger partial charge in [0, 0.05) is 19.2 Å². The molecule has 9 heteroatoms. The number of nitrogens with one attached hydrogen (secondary N) is 1. The van der Waals surface area contributed by atoms with Crippen LogP contribution >= 0.6 is 0 Å². The van der Waals surface area contributed by atoms with E-state index < -0.39 is 28.5 Å². The van der Waals surface area contributed by atoms with Gasteiger partial charge in [0.15, 0.2) is 0 Å². The minimum atomic E-state index is -4.10. The second kappa shape index (κ2) is 12.9. The van der Waals surface area contributed by atoms with Crippen molar-refractivity contribution in [3.63, 3.8) is 0 Å². The Balaban J connectivity index is 1.98. The lowest BCUT2D eigenvalue weighted by atomic mass is 10.1. The number of sulfonamides is 1. The largest absolute Gasteiger partial charge is 0.497 e. The molecular formula is C28H33N3O5S. The number of anilines is 1. The van der Waals surface area contributed by atoms with Gasteiger partial charge in [-0.25, -0.2) is 8.42 Å². The molecule has 1 atom stereocenters. The molecule has 0 aromatic heterocycles. The molecule has 0 saturated carbocycles. The standard InChI is InChI=1S/C28H33N3O5S/c1-4-29-28(33)22(2)30(19-18-23-12-7-5-8-13-23)27(32)21-31(24-14-11-15-25(20-24)36-3)37(34,35)26-16-9-6-10-17-26/h5-17,20,22H,4,18-19,21H2,1-3H3,(H,29,33)/t22-/m0/s1. The first-order chi connectivity index (χ1) is 17.8. The molecule has 8 nitrogen and oxygen atoms in total.